The summed E-state index contributed by atoms with van der Waals surface area (Å²) in [5.74, 6) is 0. The van der Waals surface area contributed by atoms with Gasteiger partial charge in [-0.05, 0) is 27.7 Å². The molecule has 0 saturated carbocycles. The molecule has 0 saturated heterocycles. The molecule has 0 bridgehead atoms. The zero-order valence-electron chi connectivity index (χ0n) is 9.22. The SMILES string of the molecule is CC(C)=NCCNCCN=C(C)C. The van der Waals surface area contributed by atoms with Crippen LogP contribution in [0.5, 0.6) is 0 Å². The van der Waals surface area contributed by atoms with Gasteiger partial charge >= 0.3 is 0 Å². The molecule has 0 unspecified atom stereocenters. The van der Waals surface area contributed by atoms with Crippen molar-refractivity contribution < 1.29 is 0 Å². The van der Waals surface area contributed by atoms with E-state index in [4.69, 9.17) is 0 Å². The molecule has 0 aliphatic rings. The normalized spacial score (nSPS) is 9.54. The van der Waals surface area contributed by atoms with Gasteiger partial charge in [-0.15, -0.1) is 0 Å². The van der Waals surface area contributed by atoms with Crippen molar-refractivity contribution in [2.75, 3.05) is 26.2 Å². The van der Waals surface area contributed by atoms with E-state index < -0.39 is 0 Å². The van der Waals surface area contributed by atoms with Gasteiger partial charge < -0.3 is 5.32 Å². The number of aliphatic imine (C=N–C) groups is 2. The lowest BCUT2D eigenvalue weighted by Crippen LogP contribution is -2.21. The highest BCUT2D eigenvalue weighted by molar-refractivity contribution is 5.79. The van der Waals surface area contributed by atoms with Gasteiger partial charge in [0, 0.05) is 24.5 Å². The van der Waals surface area contributed by atoms with E-state index in [1.165, 1.54) is 0 Å². The molecule has 0 radical (unpaired) electrons. The summed E-state index contributed by atoms with van der Waals surface area (Å²) in [4.78, 5) is 8.55. The van der Waals surface area contributed by atoms with E-state index in [0.717, 1.165) is 37.6 Å². The molecule has 0 fully saturated rings. The number of hydrogen-bond donors (Lipinski definition) is 1. The van der Waals surface area contributed by atoms with Crippen LogP contribution in [-0.4, -0.2) is 37.6 Å². The minimum absolute atomic E-state index is 0.872. The number of rotatable bonds is 6. The van der Waals surface area contributed by atoms with Crippen molar-refractivity contribution in [2.24, 2.45) is 9.98 Å². The second kappa shape index (κ2) is 7.92. The van der Waals surface area contributed by atoms with Gasteiger partial charge in [-0.3, -0.25) is 9.98 Å². The highest BCUT2D eigenvalue weighted by Gasteiger charge is 1.85. The highest BCUT2D eigenvalue weighted by atomic mass is 14.9. The molecule has 0 aromatic heterocycles. The fraction of sp³-hybridized carbons (Fsp3) is 0.800. The van der Waals surface area contributed by atoms with Crippen LogP contribution >= 0.6 is 0 Å². The van der Waals surface area contributed by atoms with Crippen molar-refractivity contribution in [2.45, 2.75) is 27.7 Å². The van der Waals surface area contributed by atoms with Crippen LogP contribution in [0, 0.1) is 0 Å². The molecule has 0 aliphatic carbocycles. The third-order valence-electron chi connectivity index (χ3n) is 1.43. The molecular weight excluding hydrogens is 162 g/mol. The monoisotopic (exact) mass is 183 g/mol. The van der Waals surface area contributed by atoms with Gasteiger partial charge in [0.25, 0.3) is 0 Å². The maximum absolute atomic E-state index is 4.28. The second-order valence-electron chi connectivity index (χ2n) is 3.41. The van der Waals surface area contributed by atoms with Crippen LogP contribution in [0.2, 0.25) is 0 Å². The summed E-state index contributed by atoms with van der Waals surface area (Å²) in [7, 11) is 0. The molecule has 0 spiro atoms. The number of hydrogen-bond acceptors (Lipinski definition) is 3. The fourth-order valence-electron chi connectivity index (χ4n) is 0.842. The predicted octanol–water partition coefficient (Wildman–Crippen LogP) is 1.54. The molecule has 0 aromatic rings. The first-order chi connectivity index (χ1) is 6.13. The van der Waals surface area contributed by atoms with E-state index in [1.54, 1.807) is 0 Å². The Kier molecular flexibility index (Phi) is 7.50. The van der Waals surface area contributed by atoms with Crippen molar-refractivity contribution in [1.29, 1.82) is 0 Å². The molecule has 0 aromatic carbocycles. The first-order valence-electron chi connectivity index (χ1n) is 4.79. The lowest BCUT2D eigenvalue weighted by atomic mass is 10.5. The lowest BCUT2D eigenvalue weighted by molar-refractivity contribution is 0.697. The molecule has 76 valence electrons. The lowest BCUT2D eigenvalue weighted by Gasteiger charge is -2.00. The van der Waals surface area contributed by atoms with Crippen LogP contribution < -0.4 is 5.32 Å². The van der Waals surface area contributed by atoms with Crippen LogP contribution in [0.1, 0.15) is 27.7 Å². The minimum Gasteiger partial charge on any atom is -0.313 e. The molecule has 1 N–H and O–H groups in total. The average Bonchev–Trinajstić information content (AvgIpc) is 2.01. The number of nitrogens with one attached hydrogen (secondary N) is 1. The summed E-state index contributed by atoms with van der Waals surface area (Å²) < 4.78 is 0. The van der Waals surface area contributed by atoms with E-state index in [-0.39, 0.29) is 0 Å². The summed E-state index contributed by atoms with van der Waals surface area (Å²) in [6, 6.07) is 0. The van der Waals surface area contributed by atoms with Crippen molar-refractivity contribution in [3.63, 3.8) is 0 Å². The Morgan fingerprint density at radius 1 is 0.846 bits per heavy atom. The largest absolute Gasteiger partial charge is 0.313 e. The Bertz CT molecular complexity index is 155. The maximum Gasteiger partial charge on any atom is 0.0513 e. The van der Waals surface area contributed by atoms with E-state index in [2.05, 4.69) is 15.3 Å². The quantitative estimate of drug-likeness (QED) is 0.492. The molecule has 3 nitrogen and oxygen atoms in total. The van der Waals surface area contributed by atoms with Gasteiger partial charge in [0.05, 0.1) is 13.1 Å². The van der Waals surface area contributed by atoms with E-state index in [1.807, 2.05) is 27.7 Å². The molecule has 0 aliphatic heterocycles. The van der Waals surface area contributed by atoms with Gasteiger partial charge in [-0.2, -0.15) is 0 Å². The van der Waals surface area contributed by atoms with Crippen LogP contribution in [0.4, 0.5) is 0 Å². The van der Waals surface area contributed by atoms with Crippen molar-refractivity contribution in [3.8, 4) is 0 Å². The van der Waals surface area contributed by atoms with Gasteiger partial charge in [0.2, 0.25) is 0 Å². The fourth-order valence-corrected chi connectivity index (χ4v) is 0.842. The van der Waals surface area contributed by atoms with Gasteiger partial charge in [0.15, 0.2) is 0 Å². The summed E-state index contributed by atoms with van der Waals surface area (Å²) >= 11 is 0. The zero-order chi connectivity index (χ0) is 10.1. The third kappa shape index (κ3) is 11.3. The van der Waals surface area contributed by atoms with E-state index in [0.29, 0.717) is 0 Å². The van der Waals surface area contributed by atoms with E-state index in [9.17, 15) is 0 Å². The average molecular weight is 183 g/mol. The Balaban J connectivity index is 3.18. The van der Waals surface area contributed by atoms with Gasteiger partial charge in [-0.1, -0.05) is 0 Å². The summed E-state index contributed by atoms with van der Waals surface area (Å²) in [5, 5.41) is 3.28. The van der Waals surface area contributed by atoms with E-state index >= 15 is 0 Å². The smallest absolute Gasteiger partial charge is 0.0513 e. The molecule has 0 rings (SSSR count). The minimum atomic E-state index is 0.872. The standard InChI is InChI=1S/C10H21N3/c1-9(2)12-7-5-11-6-8-13-10(3)4/h11H,5-8H2,1-4H3. The second-order valence-corrected chi connectivity index (χ2v) is 3.41. The molecule has 13 heavy (non-hydrogen) atoms. The zero-order valence-corrected chi connectivity index (χ0v) is 9.22. The summed E-state index contributed by atoms with van der Waals surface area (Å²) in [6.07, 6.45) is 0. The molecule has 0 amide bonds. The van der Waals surface area contributed by atoms with Crippen LogP contribution in [-0.2, 0) is 0 Å². The Hall–Kier alpha value is -0.700. The topological polar surface area (TPSA) is 36.8 Å². The number of nitrogens with zero attached hydrogens (tertiary/aromatic N) is 2. The predicted molar refractivity (Wildman–Crippen MR) is 60.2 cm³/mol. The van der Waals surface area contributed by atoms with Gasteiger partial charge in [-0.25, -0.2) is 0 Å². The Morgan fingerprint density at radius 3 is 1.54 bits per heavy atom. The maximum atomic E-state index is 4.28. The summed E-state index contributed by atoms with van der Waals surface area (Å²) in [5.41, 5.74) is 2.29. The van der Waals surface area contributed by atoms with Crippen LogP contribution in [0.3, 0.4) is 0 Å². The Morgan fingerprint density at radius 2 is 1.23 bits per heavy atom. The van der Waals surface area contributed by atoms with Crippen molar-refractivity contribution in [3.05, 3.63) is 0 Å². The van der Waals surface area contributed by atoms with Crippen molar-refractivity contribution in [1.82, 2.24) is 5.32 Å². The highest BCUT2D eigenvalue weighted by Crippen LogP contribution is 1.76. The van der Waals surface area contributed by atoms with Gasteiger partial charge in [0.1, 0.15) is 0 Å². The molecule has 0 heterocycles. The first kappa shape index (κ1) is 12.3. The summed E-state index contributed by atoms with van der Waals surface area (Å²) in [6.45, 7) is 11.7. The van der Waals surface area contributed by atoms with Crippen molar-refractivity contribution >= 4 is 11.4 Å². The molecule has 3 heteroatoms. The molecule has 0 atom stereocenters. The first-order valence-corrected chi connectivity index (χ1v) is 4.79. The third-order valence-corrected chi connectivity index (χ3v) is 1.43. The van der Waals surface area contributed by atoms with Crippen LogP contribution in [0.15, 0.2) is 9.98 Å². The molecular formula is C10H21N3. The Labute approximate surface area is 81.4 Å². The van der Waals surface area contributed by atoms with Crippen LogP contribution in [0.25, 0.3) is 0 Å².